The molecule has 0 bridgehead atoms. The van der Waals surface area contributed by atoms with Gasteiger partial charge in [-0.15, -0.1) is 0 Å². The van der Waals surface area contributed by atoms with Gasteiger partial charge in [-0.2, -0.15) is 4.31 Å². The van der Waals surface area contributed by atoms with E-state index in [1.165, 1.54) is 35.7 Å². The number of sulfonamides is 1. The summed E-state index contributed by atoms with van der Waals surface area (Å²) in [5, 5.41) is 0. The number of rotatable bonds is 7. The number of pyridine rings is 1. The molecule has 0 atom stereocenters. The van der Waals surface area contributed by atoms with Gasteiger partial charge < -0.3 is 9.47 Å². The second kappa shape index (κ2) is 10.6. The van der Waals surface area contributed by atoms with Crippen LogP contribution in [0.25, 0.3) is 12.2 Å². The fraction of sp³-hybridized carbons (Fsp3) is 0.231. The van der Waals surface area contributed by atoms with Crippen molar-refractivity contribution >= 4 is 28.1 Å². The first-order valence-corrected chi connectivity index (χ1v) is 12.5. The van der Waals surface area contributed by atoms with Crippen molar-refractivity contribution in [3.8, 4) is 11.5 Å². The predicted octanol–water partition coefficient (Wildman–Crippen LogP) is 4.65. The van der Waals surface area contributed by atoms with Gasteiger partial charge >= 0.3 is 5.97 Å². The molecule has 176 valence electrons. The summed E-state index contributed by atoms with van der Waals surface area (Å²) in [4.78, 5) is 17.1. The molecule has 34 heavy (non-hydrogen) atoms. The third-order valence-corrected chi connectivity index (χ3v) is 7.48. The number of ether oxygens (including phenoxy) is 2. The van der Waals surface area contributed by atoms with Crippen molar-refractivity contribution in [3.05, 3.63) is 83.7 Å². The summed E-state index contributed by atoms with van der Waals surface area (Å²) in [6.45, 7) is 1.05. The lowest BCUT2D eigenvalue weighted by molar-refractivity contribution is 0.0729. The molecule has 1 fully saturated rings. The number of nitrogens with zero attached hydrogens (tertiary/aromatic N) is 2. The molecule has 1 aromatic heterocycles. The summed E-state index contributed by atoms with van der Waals surface area (Å²) in [7, 11) is -2.05. The molecule has 4 rings (SSSR count). The van der Waals surface area contributed by atoms with Crippen LogP contribution in [0.5, 0.6) is 11.5 Å². The number of hydrogen-bond acceptors (Lipinski definition) is 6. The molecule has 8 heteroatoms. The second-order valence-corrected chi connectivity index (χ2v) is 9.81. The van der Waals surface area contributed by atoms with Crippen LogP contribution in [0.1, 0.15) is 40.9 Å². The van der Waals surface area contributed by atoms with Crippen LogP contribution in [0, 0.1) is 0 Å². The van der Waals surface area contributed by atoms with Gasteiger partial charge in [0.1, 0.15) is 0 Å². The molecule has 0 saturated carbocycles. The summed E-state index contributed by atoms with van der Waals surface area (Å²) < 4.78 is 38.0. The minimum absolute atomic E-state index is 0.174. The number of carbonyl (C=O) groups excluding carboxylic acids is 1. The van der Waals surface area contributed by atoms with E-state index >= 15 is 0 Å². The monoisotopic (exact) mass is 478 g/mol. The highest BCUT2D eigenvalue weighted by Crippen LogP contribution is 2.30. The van der Waals surface area contributed by atoms with E-state index in [9.17, 15) is 13.2 Å². The highest BCUT2D eigenvalue weighted by molar-refractivity contribution is 7.89. The number of piperidine rings is 1. The Morgan fingerprint density at radius 2 is 1.71 bits per heavy atom. The summed E-state index contributed by atoms with van der Waals surface area (Å²) in [5.41, 5.74) is 1.93. The zero-order valence-corrected chi connectivity index (χ0v) is 19.7. The van der Waals surface area contributed by atoms with E-state index in [1.807, 2.05) is 30.4 Å². The summed E-state index contributed by atoms with van der Waals surface area (Å²) >= 11 is 0. The Hall–Kier alpha value is -3.49. The summed E-state index contributed by atoms with van der Waals surface area (Å²) in [5.74, 6) is 0.0744. The zero-order chi connectivity index (χ0) is 24.0. The number of carbonyl (C=O) groups is 1. The number of aromatic nitrogens is 1. The first-order chi connectivity index (χ1) is 16.5. The van der Waals surface area contributed by atoms with Gasteiger partial charge in [-0.1, -0.05) is 24.6 Å². The third-order valence-electron chi connectivity index (χ3n) is 5.57. The van der Waals surface area contributed by atoms with Gasteiger partial charge in [0, 0.05) is 19.3 Å². The van der Waals surface area contributed by atoms with Crippen LogP contribution < -0.4 is 9.47 Å². The third kappa shape index (κ3) is 5.52. The van der Waals surface area contributed by atoms with E-state index in [2.05, 4.69) is 4.98 Å². The van der Waals surface area contributed by atoms with Crippen molar-refractivity contribution in [3.63, 3.8) is 0 Å². The van der Waals surface area contributed by atoms with E-state index in [0.717, 1.165) is 30.5 Å². The van der Waals surface area contributed by atoms with Crippen molar-refractivity contribution in [2.75, 3.05) is 20.2 Å². The van der Waals surface area contributed by atoms with Gasteiger partial charge in [0.25, 0.3) is 0 Å². The lowest BCUT2D eigenvalue weighted by atomic mass is 10.1. The quantitative estimate of drug-likeness (QED) is 0.363. The van der Waals surface area contributed by atoms with E-state index in [0.29, 0.717) is 18.8 Å². The number of hydrogen-bond donors (Lipinski definition) is 0. The Labute approximate surface area is 199 Å². The first-order valence-electron chi connectivity index (χ1n) is 11.1. The molecule has 3 aromatic rings. The van der Waals surface area contributed by atoms with Gasteiger partial charge in [0.2, 0.25) is 10.0 Å². The molecule has 7 nitrogen and oxygen atoms in total. The van der Waals surface area contributed by atoms with Crippen molar-refractivity contribution in [2.24, 2.45) is 0 Å². The van der Waals surface area contributed by atoms with Crippen LogP contribution in [-0.4, -0.2) is 43.9 Å². The Bertz CT molecular complexity index is 1270. The maximum atomic E-state index is 12.8. The molecule has 0 radical (unpaired) electrons. The number of esters is 1. The zero-order valence-electron chi connectivity index (χ0n) is 18.9. The average Bonchev–Trinajstić information content (AvgIpc) is 2.89. The Balaban J connectivity index is 1.46. The fourth-order valence-corrected chi connectivity index (χ4v) is 5.22. The van der Waals surface area contributed by atoms with Gasteiger partial charge in [-0.05, 0) is 73.0 Å². The van der Waals surface area contributed by atoms with Crippen LogP contribution in [0.2, 0.25) is 0 Å². The molecule has 2 heterocycles. The maximum Gasteiger partial charge on any atom is 0.343 e. The largest absolute Gasteiger partial charge is 0.493 e. The normalized spacial score (nSPS) is 14.7. The van der Waals surface area contributed by atoms with Crippen LogP contribution in [-0.2, 0) is 10.0 Å². The smallest absolute Gasteiger partial charge is 0.343 e. The molecule has 0 spiro atoms. The topological polar surface area (TPSA) is 85.8 Å². The fourth-order valence-electron chi connectivity index (χ4n) is 3.70. The van der Waals surface area contributed by atoms with Crippen molar-refractivity contribution in [1.82, 2.24) is 9.29 Å². The molecule has 0 N–H and O–H groups in total. The SMILES string of the molecule is COc1cc(/C=C/c2ccccn2)ccc1OC(=O)c1ccc(S(=O)(=O)N2CCCCC2)cc1. The Kier molecular flexibility index (Phi) is 7.40. The van der Waals surface area contributed by atoms with Gasteiger partial charge in [0.05, 0.1) is 23.3 Å². The highest BCUT2D eigenvalue weighted by Gasteiger charge is 2.26. The minimum atomic E-state index is -3.55. The highest BCUT2D eigenvalue weighted by atomic mass is 32.2. The lowest BCUT2D eigenvalue weighted by Gasteiger charge is -2.25. The van der Waals surface area contributed by atoms with Crippen molar-refractivity contribution in [1.29, 1.82) is 0 Å². The summed E-state index contributed by atoms with van der Waals surface area (Å²) in [6, 6.07) is 16.7. The molecule has 1 saturated heterocycles. The van der Waals surface area contributed by atoms with Crippen LogP contribution in [0.3, 0.4) is 0 Å². The molecule has 1 aliphatic heterocycles. The lowest BCUT2D eigenvalue weighted by Crippen LogP contribution is -2.35. The van der Waals surface area contributed by atoms with Crippen LogP contribution >= 0.6 is 0 Å². The average molecular weight is 479 g/mol. The molecule has 0 amide bonds. The van der Waals surface area contributed by atoms with Crippen LogP contribution in [0.15, 0.2) is 71.8 Å². The first kappa shape index (κ1) is 23.7. The van der Waals surface area contributed by atoms with E-state index < -0.39 is 16.0 Å². The molecule has 2 aromatic carbocycles. The van der Waals surface area contributed by atoms with Gasteiger partial charge in [-0.25, -0.2) is 13.2 Å². The Morgan fingerprint density at radius 1 is 0.941 bits per heavy atom. The maximum absolute atomic E-state index is 12.8. The standard InChI is InChI=1S/C26H26N2O5S/c1-32-25-19-20(8-12-22-7-3-4-16-27-22)9-15-24(25)33-26(29)21-10-13-23(14-11-21)34(30,31)28-17-5-2-6-18-28/h3-4,7-16,19H,2,5-6,17-18H2,1H3/b12-8+. The Morgan fingerprint density at radius 3 is 2.38 bits per heavy atom. The van der Waals surface area contributed by atoms with E-state index in [1.54, 1.807) is 24.4 Å². The van der Waals surface area contributed by atoms with Crippen molar-refractivity contribution < 1.29 is 22.7 Å². The van der Waals surface area contributed by atoms with Gasteiger partial charge in [0.15, 0.2) is 11.5 Å². The number of benzene rings is 2. The molecule has 1 aliphatic rings. The summed E-state index contributed by atoms with van der Waals surface area (Å²) in [6.07, 6.45) is 8.25. The van der Waals surface area contributed by atoms with E-state index in [-0.39, 0.29) is 16.2 Å². The van der Waals surface area contributed by atoms with Gasteiger partial charge in [-0.3, -0.25) is 4.98 Å². The minimum Gasteiger partial charge on any atom is -0.493 e. The second-order valence-electron chi connectivity index (χ2n) is 7.88. The number of methoxy groups -OCH3 is 1. The van der Waals surface area contributed by atoms with Crippen LogP contribution in [0.4, 0.5) is 0 Å². The molecule has 0 unspecified atom stereocenters. The van der Waals surface area contributed by atoms with Crippen molar-refractivity contribution in [2.45, 2.75) is 24.2 Å². The molecule has 0 aliphatic carbocycles. The van der Waals surface area contributed by atoms with E-state index in [4.69, 9.17) is 9.47 Å². The molecular weight excluding hydrogens is 452 g/mol. The molecular formula is C26H26N2O5S. The predicted molar refractivity (Wildman–Crippen MR) is 130 cm³/mol.